The van der Waals surface area contributed by atoms with Gasteiger partial charge in [-0.2, -0.15) is 0 Å². The third kappa shape index (κ3) is 7.76. The molecule has 1 amide bonds. The van der Waals surface area contributed by atoms with Crippen LogP contribution in [0.1, 0.15) is 20.8 Å². The number of nitrogens with zero attached hydrogens (tertiary/aromatic N) is 1. The van der Waals surface area contributed by atoms with Crippen LogP contribution < -0.4 is 5.43 Å². The highest BCUT2D eigenvalue weighted by molar-refractivity contribution is 5.67. The highest BCUT2D eigenvalue weighted by Gasteiger charge is 2.17. The van der Waals surface area contributed by atoms with Crippen molar-refractivity contribution in [3.05, 3.63) is 25.3 Å². The Morgan fingerprint density at radius 2 is 1.80 bits per heavy atom. The van der Waals surface area contributed by atoms with Crippen molar-refractivity contribution in [2.45, 2.75) is 26.4 Å². The van der Waals surface area contributed by atoms with Gasteiger partial charge in [0.2, 0.25) is 0 Å². The van der Waals surface area contributed by atoms with E-state index in [1.54, 1.807) is 17.2 Å². The van der Waals surface area contributed by atoms with Crippen molar-refractivity contribution >= 4 is 6.09 Å². The lowest BCUT2D eigenvalue weighted by Gasteiger charge is -2.24. The molecule has 86 valence electrons. The predicted molar refractivity (Wildman–Crippen MR) is 61.3 cm³/mol. The Kier molecular flexibility index (Phi) is 5.70. The van der Waals surface area contributed by atoms with Crippen molar-refractivity contribution in [2.24, 2.45) is 0 Å². The summed E-state index contributed by atoms with van der Waals surface area (Å²) in [5, 5.41) is 1.66. The zero-order valence-corrected chi connectivity index (χ0v) is 9.75. The lowest BCUT2D eigenvalue weighted by Crippen LogP contribution is -2.44. The number of hydrogen-bond donors (Lipinski definition) is 1. The third-order valence-electron chi connectivity index (χ3n) is 1.35. The van der Waals surface area contributed by atoms with Gasteiger partial charge in [-0.15, -0.1) is 13.2 Å². The lowest BCUT2D eigenvalue weighted by atomic mass is 10.2. The van der Waals surface area contributed by atoms with E-state index >= 15 is 0 Å². The smallest absolute Gasteiger partial charge is 0.422 e. The Bertz CT molecular complexity index is 221. The van der Waals surface area contributed by atoms with Gasteiger partial charge in [0.25, 0.3) is 0 Å². The van der Waals surface area contributed by atoms with Crippen LogP contribution in [0.4, 0.5) is 4.79 Å². The topological polar surface area (TPSA) is 41.6 Å². The van der Waals surface area contributed by atoms with Crippen LogP contribution in [0.15, 0.2) is 25.3 Å². The SMILES string of the molecule is C=CCN(CC=C)NC(=O)OC(C)(C)C. The van der Waals surface area contributed by atoms with E-state index in [0.717, 1.165) is 0 Å². The van der Waals surface area contributed by atoms with Crippen LogP contribution in [0, 0.1) is 0 Å². The van der Waals surface area contributed by atoms with E-state index in [1.807, 2.05) is 20.8 Å². The van der Waals surface area contributed by atoms with E-state index < -0.39 is 11.7 Å². The molecule has 0 aliphatic carbocycles. The first kappa shape index (κ1) is 13.7. The number of carbonyl (C=O) groups excluding carboxylic acids is 1. The molecule has 0 aromatic heterocycles. The first-order chi connectivity index (χ1) is 6.89. The van der Waals surface area contributed by atoms with E-state index in [9.17, 15) is 4.79 Å². The Morgan fingerprint density at radius 3 is 2.13 bits per heavy atom. The van der Waals surface area contributed by atoms with Crippen LogP contribution in [0.25, 0.3) is 0 Å². The molecule has 4 nitrogen and oxygen atoms in total. The highest BCUT2D eigenvalue weighted by Crippen LogP contribution is 2.06. The second kappa shape index (κ2) is 6.24. The fourth-order valence-electron chi connectivity index (χ4n) is 0.908. The number of hydrazine groups is 1. The van der Waals surface area contributed by atoms with Crippen LogP contribution in [0.3, 0.4) is 0 Å². The molecule has 15 heavy (non-hydrogen) atoms. The average molecular weight is 212 g/mol. The fraction of sp³-hybridized carbons (Fsp3) is 0.545. The van der Waals surface area contributed by atoms with E-state index in [1.165, 1.54) is 0 Å². The molecule has 0 fully saturated rings. The molecule has 0 aromatic rings. The Balaban J connectivity index is 4.10. The largest absolute Gasteiger partial charge is 0.443 e. The average Bonchev–Trinajstić information content (AvgIpc) is 2.00. The number of nitrogens with one attached hydrogen (secondary N) is 1. The molecule has 0 atom stereocenters. The molecular weight excluding hydrogens is 192 g/mol. The van der Waals surface area contributed by atoms with Gasteiger partial charge in [0.15, 0.2) is 0 Å². The van der Waals surface area contributed by atoms with Gasteiger partial charge in [-0.05, 0) is 20.8 Å². The van der Waals surface area contributed by atoms with E-state index in [-0.39, 0.29) is 0 Å². The standard InChI is InChI=1S/C11H20N2O2/c1-6-8-13(9-7-2)12-10(14)15-11(3,4)5/h6-7H,1-2,8-9H2,3-5H3,(H,12,14). The zero-order valence-electron chi connectivity index (χ0n) is 9.75. The maximum Gasteiger partial charge on any atom is 0.422 e. The molecule has 0 spiro atoms. The molecule has 0 radical (unpaired) electrons. The van der Waals surface area contributed by atoms with Gasteiger partial charge < -0.3 is 4.74 Å². The summed E-state index contributed by atoms with van der Waals surface area (Å²) >= 11 is 0. The van der Waals surface area contributed by atoms with Crippen LogP contribution in [0.2, 0.25) is 0 Å². The van der Waals surface area contributed by atoms with E-state index in [4.69, 9.17) is 4.74 Å². The van der Waals surface area contributed by atoms with Crippen molar-refractivity contribution in [1.29, 1.82) is 0 Å². The molecule has 0 rings (SSSR count). The fourth-order valence-corrected chi connectivity index (χ4v) is 0.908. The van der Waals surface area contributed by atoms with Crippen molar-refractivity contribution in [1.82, 2.24) is 10.4 Å². The van der Waals surface area contributed by atoms with Crippen LogP contribution in [0.5, 0.6) is 0 Å². The summed E-state index contributed by atoms with van der Waals surface area (Å²) in [5.41, 5.74) is 2.12. The van der Waals surface area contributed by atoms with Gasteiger partial charge in [-0.3, -0.25) is 5.43 Å². The van der Waals surface area contributed by atoms with Gasteiger partial charge in [0.1, 0.15) is 5.60 Å². The van der Waals surface area contributed by atoms with Crippen molar-refractivity contribution < 1.29 is 9.53 Å². The Labute approximate surface area is 91.6 Å². The summed E-state index contributed by atoms with van der Waals surface area (Å²) < 4.78 is 5.10. The number of hydrogen-bond acceptors (Lipinski definition) is 3. The molecule has 4 heteroatoms. The predicted octanol–water partition coefficient (Wildman–Crippen LogP) is 2.10. The maximum atomic E-state index is 11.4. The van der Waals surface area contributed by atoms with Gasteiger partial charge in [0, 0.05) is 13.1 Å². The molecule has 0 aliphatic heterocycles. The zero-order chi connectivity index (χ0) is 11.9. The summed E-state index contributed by atoms with van der Waals surface area (Å²) in [5.74, 6) is 0. The summed E-state index contributed by atoms with van der Waals surface area (Å²) in [7, 11) is 0. The minimum absolute atomic E-state index is 0.466. The van der Waals surface area contributed by atoms with E-state index in [2.05, 4.69) is 18.6 Å². The summed E-state index contributed by atoms with van der Waals surface area (Å²) in [6.45, 7) is 13.7. The molecule has 0 aliphatic rings. The lowest BCUT2D eigenvalue weighted by molar-refractivity contribution is 0.0364. The summed E-state index contributed by atoms with van der Waals surface area (Å²) in [6, 6.07) is 0. The normalized spacial score (nSPS) is 10.9. The Morgan fingerprint density at radius 1 is 1.33 bits per heavy atom. The van der Waals surface area contributed by atoms with Gasteiger partial charge in [0.05, 0.1) is 0 Å². The van der Waals surface area contributed by atoms with Crippen LogP contribution >= 0.6 is 0 Å². The number of rotatable bonds is 5. The molecule has 0 heterocycles. The monoisotopic (exact) mass is 212 g/mol. The molecular formula is C11H20N2O2. The number of ether oxygens (including phenoxy) is 1. The summed E-state index contributed by atoms with van der Waals surface area (Å²) in [4.78, 5) is 11.4. The second-order valence-electron chi connectivity index (χ2n) is 4.10. The van der Waals surface area contributed by atoms with Gasteiger partial charge >= 0.3 is 6.09 Å². The molecule has 0 aromatic carbocycles. The molecule has 0 unspecified atom stereocenters. The molecule has 0 saturated carbocycles. The first-order valence-electron chi connectivity index (χ1n) is 4.85. The Hall–Kier alpha value is -1.29. The second-order valence-corrected chi connectivity index (χ2v) is 4.10. The van der Waals surface area contributed by atoms with Crippen LogP contribution in [-0.4, -0.2) is 29.8 Å². The minimum atomic E-state index is -0.488. The molecule has 0 bridgehead atoms. The van der Waals surface area contributed by atoms with Crippen molar-refractivity contribution in [3.8, 4) is 0 Å². The van der Waals surface area contributed by atoms with E-state index in [0.29, 0.717) is 13.1 Å². The highest BCUT2D eigenvalue weighted by atomic mass is 16.6. The first-order valence-corrected chi connectivity index (χ1v) is 4.85. The van der Waals surface area contributed by atoms with Crippen molar-refractivity contribution in [2.75, 3.05) is 13.1 Å². The van der Waals surface area contributed by atoms with Gasteiger partial charge in [-0.1, -0.05) is 12.2 Å². The van der Waals surface area contributed by atoms with Gasteiger partial charge in [-0.25, -0.2) is 9.80 Å². The third-order valence-corrected chi connectivity index (χ3v) is 1.35. The number of amides is 1. The quantitative estimate of drug-likeness (QED) is 0.560. The minimum Gasteiger partial charge on any atom is -0.443 e. The maximum absolute atomic E-state index is 11.4. The summed E-state index contributed by atoms with van der Waals surface area (Å²) in [6.07, 6.45) is 2.92. The van der Waals surface area contributed by atoms with Crippen LogP contribution in [-0.2, 0) is 4.74 Å². The molecule has 0 saturated heterocycles. The molecule has 1 N–H and O–H groups in total. The number of carbonyl (C=O) groups is 1. The van der Waals surface area contributed by atoms with Crippen molar-refractivity contribution in [3.63, 3.8) is 0 Å².